The Morgan fingerprint density at radius 1 is 1.08 bits per heavy atom. The van der Waals surface area contributed by atoms with Gasteiger partial charge in [0.15, 0.2) is 0 Å². The van der Waals surface area contributed by atoms with Gasteiger partial charge >= 0.3 is 0 Å². The average molecular weight is 533 g/mol. The number of aryl methyl sites for hydroxylation is 1. The van der Waals surface area contributed by atoms with Gasteiger partial charge in [-0.2, -0.15) is 5.26 Å². The van der Waals surface area contributed by atoms with Crippen LogP contribution in [-0.4, -0.2) is 17.6 Å². The summed E-state index contributed by atoms with van der Waals surface area (Å²) in [6, 6.07) is 18.2. The topological polar surface area (TPSA) is 107 Å². The van der Waals surface area contributed by atoms with E-state index in [4.69, 9.17) is 16.0 Å². The van der Waals surface area contributed by atoms with Gasteiger partial charge in [0.2, 0.25) is 5.91 Å². The number of carbonyl (C=O) groups is 2. The number of anilines is 2. The standard InChI is InChI=1S/C28H25ClN4O3S/c1-16-6-4-7-22(17(16)2)33-24(34)15-37-28-21(14-30)26(23-8-5-13-36-23)25(18(3)31-28)27(35)32-20-11-9-19(29)10-12-20/h4-13,26,31H,15H2,1-3H3,(H,32,35)(H,33,34)/t26-/m0/s1. The Bertz CT molecular complexity index is 1440. The second-order valence-corrected chi connectivity index (χ2v) is 9.93. The maximum atomic E-state index is 13.4. The molecular formula is C28H25ClN4O3S. The third kappa shape index (κ3) is 5.91. The molecule has 0 unspecified atom stereocenters. The summed E-state index contributed by atoms with van der Waals surface area (Å²) in [6.07, 6.45) is 1.50. The second kappa shape index (κ2) is 11.4. The molecule has 3 aromatic rings. The molecule has 37 heavy (non-hydrogen) atoms. The third-order valence-corrected chi connectivity index (χ3v) is 7.32. The lowest BCUT2D eigenvalue weighted by Gasteiger charge is -2.28. The number of allylic oxidation sites excluding steroid dienone is 2. The lowest BCUT2D eigenvalue weighted by atomic mass is 9.85. The Morgan fingerprint density at radius 2 is 1.84 bits per heavy atom. The van der Waals surface area contributed by atoms with E-state index in [0.717, 1.165) is 16.8 Å². The zero-order chi connectivity index (χ0) is 26.5. The molecule has 2 amide bonds. The van der Waals surface area contributed by atoms with E-state index in [9.17, 15) is 14.9 Å². The number of nitrogens with zero attached hydrogens (tertiary/aromatic N) is 1. The van der Waals surface area contributed by atoms with Crippen molar-refractivity contribution in [3.8, 4) is 6.07 Å². The molecule has 188 valence electrons. The monoisotopic (exact) mass is 532 g/mol. The number of halogens is 1. The molecule has 0 aliphatic carbocycles. The van der Waals surface area contributed by atoms with Crippen LogP contribution in [0.3, 0.4) is 0 Å². The fraction of sp³-hybridized carbons (Fsp3) is 0.179. The van der Waals surface area contributed by atoms with Crippen molar-refractivity contribution in [3.63, 3.8) is 0 Å². The van der Waals surface area contributed by atoms with Gasteiger partial charge in [-0.1, -0.05) is 35.5 Å². The summed E-state index contributed by atoms with van der Waals surface area (Å²) in [4.78, 5) is 26.1. The zero-order valence-electron chi connectivity index (χ0n) is 20.5. The summed E-state index contributed by atoms with van der Waals surface area (Å²) in [5, 5.41) is 20.2. The highest BCUT2D eigenvalue weighted by molar-refractivity contribution is 8.03. The molecule has 2 heterocycles. The molecule has 1 aromatic heterocycles. The highest BCUT2D eigenvalue weighted by Gasteiger charge is 2.36. The number of hydrogen-bond donors (Lipinski definition) is 3. The van der Waals surface area contributed by atoms with Crippen LogP contribution < -0.4 is 16.0 Å². The van der Waals surface area contributed by atoms with Gasteiger partial charge in [-0.05, 0) is 74.4 Å². The molecule has 0 bridgehead atoms. The highest BCUT2D eigenvalue weighted by Crippen LogP contribution is 2.41. The van der Waals surface area contributed by atoms with Crippen LogP contribution in [0.25, 0.3) is 0 Å². The Labute approximate surface area is 224 Å². The molecule has 0 spiro atoms. The number of dihydropyridines is 1. The predicted molar refractivity (Wildman–Crippen MR) is 147 cm³/mol. The molecule has 0 saturated carbocycles. The van der Waals surface area contributed by atoms with E-state index in [2.05, 4.69) is 22.0 Å². The van der Waals surface area contributed by atoms with Crippen LogP contribution in [0.2, 0.25) is 5.02 Å². The minimum absolute atomic E-state index is 0.0748. The van der Waals surface area contributed by atoms with Gasteiger partial charge in [-0.25, -0.2) is 0 Å². The minimum Gasteiger partial charge on any atom is -0.468 e. The SMILES string of the molecule is CC1=C(C(=O)Nc2ccc(Cl)cc2)[C@H](c2ccco2)C(C#N)=C(SCC(=O)Nc2cccc(C)c2C)N1. The van der Waals surface area contributed by atoms with Gasteiger partial charge < -0.3 is 20.4 Å². The van der Waals surface area contributed by atoms with Crippen LogP contribution in [0.4, 0.5) is 11.4 Å². The summed E-state index contributed by atoms with van der Waals surface area (Å²) < 4.78 is 5.64. The van der Waals surface area contributed by atoms with Crippen molar-refractivity contribution in [3.05, 3.63) is 105 Å². The molecule has 2 aromatic carbocycles. The molecule has 1 aliphatic rings. The second-order valence-electron chi connectivity index (χ2n) is 8.51. The van der Waals surface area contributed by atoms with E-state index in [0.29, 0.717) is 38.3 Å². The van der Waals surface area contributed by atoms with E-state index in [-0.39, 0.29) is 17.6 Å². The number of furan rings is 1. The molecule has 3 N–H and O–H groups in total. The summed E-state index contributed by atoms with van der Waals surface area (Å²) in [6.45, 7) is 5.70. The van der Waals surface area contributed by atoms with Gasteiger partial charge in [-0.15, -0.1) is 0 Å². The first kappa shape index (κ1) is 26.1. The molecule has 7 nitrogen and oxygen atoms in total. The van der Waals surface area contributed by atoms with Crippen LogP contribution in [0.1, 0.15) is 29.7 Å². The zero-order valence-corrected chi connectivity index (χ0v) is 22.1. The van der Waals surface area contributed by atoms with E-state index < -0.39 is 5.92 Å². The number of amides is 2. The molecular weight excluding hydrogens is 508 g/mol. The molecule has 9 heteroatoms. The van der Waals surface area contributed by atoms with Crippen LogP contribution in [0.15, 0.2) is 87.1 Å². The number of benzene rings is 2. The van der Waals surface area contributed by atoms with Crippen molar-refractivity contribution >= 4 is 46.6 Å². The summed E-state index contributed by atoms with van der Waals surface area (Å²) in [5.74, 6) is -0.786. The predicted octanol–water partition coefficient (Wildman–Crippen LogP) is 6.26. The number of nitriles is 1. The Hall–Kier alpha value is -3.93. The van der Waals surface area contributed by atoms with Crippen LogP contribution in [0, 0.1) is 25.2 Å². The van der Waals surface area contributed by atoms with Crippen LogP contribution in [0.5, 0.6) is 0 Å². The first-order valence-electron chi connectivity index (χ1n) is 11.5. The number of thioether (sulfide) groups is 1. The number of nitrogens with one attached hydrogen (secondary N) is 3. The first-order chi connectivity index (χ1) is 17.8. The molecule has 1 atom stereocenters. The van der Waals surface area contributed by atoms with Crippen molar-refractivity contribution in [2.45, 2.75) is 26.7 Å². The van der Waals surface area contributed by atoms with E-state index >= 15 is 0 Å². The number of carbonyl (C=O) groups excluding carboxylic acids is 2. The molecule has 0 saturated heterocycles. The van der Waals surface area contributed by atoms with Crippen molar-refractivity contribution in [1.29, 1.82) is 5.26 Å². The molecule has 1 aliphatic heterocycles. The lowest BCUT2D eigenvalue weighted by molar-refractivity contribution is -0.114. The fourth-order valence-electron chi connectivity index (χ4n) is 4.01. The number of rotatable bonds is 7. The minimum atomic E-state index is -0.738. The number of hydrogen-bond acceptors (Lipinski definition) is 6. The quantitative estimate of drug-likeness (QED) is 0.331. The van der Waals surface area contributed by atoms with Gasteiger partial charge in [0, 0.05) is 22.1 Å². The van der Waals surface area contributed by atoms with Crippen LogP contribution in [-0.2, 0) is 9.59 Å². The summed E-state index contributed by atoms with van der Waals surface area (Å²) >= 11 is 7.16. The summed E-state index contributed by atoms with van der Waals surface area (Å²) in [7, 11) is 0. The maximum absolute atomic E-state index is 13.4. The van der Waals surface area contributed by atoms with Gasteiger partial charge in [0.25, 0.3) is 5.91 Å². The Kier molecular flexibility index (Phi) is 8.07. The molecule has 0 fully saturated rings. The van der Waals surface area contributed by atoms with E-state index in [1.165, 1.54) is 18.0 Å². The Balaban J connectivity index is 1.58. The highest BCUT2D eigenvalue weighted by atomic mass is 35.5. The van der Waals surface area contributed by atoms with Crippen molar-refractivity contribution in [1.82, 2.24) is 5.32 Å². The van der Waals surface area contributed by atoms with Gasteiger partial charge in [0.1, 0.15) is 5.76 Å². The lowest BCUT2D eigenvalue weighted by Crippen LogP contribution is -2.31. The third-order valence-electron chi connectivity index (χ3n) is 6.05. The molecule has 0 radical (unpaired) electrons. The Morgan fingerprint density at radius 3 is 2.51 bits per heavy atom. The average Bonchev–Trinajstić information content (AvgIpc) is 3.41. The fourth-order valence-corrected chi connectivity index (χ4v) is 5.03. The van der Waals surface area contributed by atoms with E-state index in [1.807, 2.05) is 32.0 Å². The normalized spacial score (nSPS) is 15.2. The van der Waals surface area contributed by atoms with Gasteiger partial charge in [-0.3, -0.25) is 9.59 Å². The maximum Gasteiger partial charge on any atom is 0.254 e. The van der Waals surface area contributed by atoms with Gasteiger partial charge in [0.05, 0.1) is 40.2 Å². The smallest absolute Gasteiger partial charge is 0.254 e. The van der Waals surface area contributed by atoms with Crippen LogP contribution >= 0.6 is 23.4 Å². The first-order valence-corrected chi connectivity index (χ1v) is 12.9. The largest absolute Gasteiger partial charge is 0.468 e. The molecule has 4 rings (SSSR count). The summed E-state index contributed by atoms with van der Waals surface area (Å²) in [5.41, 5.74) is 4.62. The van der Waals surface area contributed by atoms with Crippen molar-refractivity contribution in [2.24, 2.45) is 0 Å². The van der Waals surface area contributed by atoms with Crippen molar-refractivity contribution < 1.29 is 14.0 Å². The van der Waals surface area contributed by atoms with E-state index in [1.54, 1.807) is 43.3 Å². The van der Waals surface area contributed by atoms with Crippen molar-refractivity contribution in [2.75, 3.05) is 16.4 Å².